The summed E-state index contributed by atoms with van der Waals surface area (Å²) in [4.78, 5) is 5.33. The van der Waals surface area contributed by atoms with Crippen LogP contribution in [0.5, 0.6) is 0 Å². The highest BCUT2D eigenvalue weighted by Gasteiger charge is 2.29. The fourth-order valence-electron chi connectivity index (χ4n) is 3.25. The Labute approximate surface area is 100 Å². The molecule has 0 aromatic heterocycles. The number of hydrogen-bond acceptors (Lipinski definition) is 3. The molecule has 94 valence electrons. The van der Waals surface area contributed by atoms with Crippen molar-refractivity contribution in [3.63, 3.8) is 0 Å². The van der Waals surface area contributed by atoms with Crippen LogP contribution in [0.15, 0.2) is 0 Å². The zero-order valence-corrected chi connectivity index (χ0v) is 10.9. The molecule has 2 heterocycles. The number of rotatable bonds is 4. The monoisotopic (exact) mass is 225 g/mol. The van der Waals surface area contributed by atoms with Crippen molar-refractivity contribution in [3.8, 4) is 0 Å². The molecule has 0 spiro atoms. The second-order valence-corrected chi connectivity index (χ2v) is 5.37. The molecule has 0 bridgehead atoms. The SMILES string of the molecule is CCN1CCC(N2CCC(CNC)C2)CC1. The van der Waals surface area contributed by atoms with E-state index >= 15 is 0 Å². The molecular weight excluding hydrogens is 198 g/mol. The van der Waals surface area contributed by atoms with Gasteiger partial charge in [-0.3, -0.25) is 4.90 Å². The van der Waals surface area contributed by atoms with Crippen LogP contribution in [0.1, 0.15) is 26.2 Å². The maximum Gasteiger partial charge on any atom is 0.0120 e. The van der Waals surface area contributed by atoms with Gasteiger partial charge in [-0.25, -0.2) is 0 Å². The molecular formula is C13H27N3. The minimum Gasteiger partial charge on any atom is -0.319 e. The summed E-state index contributed by atoms with van der Waals surface area (Å²) in [5, 5.41) is 3.31. The fraction of sp³-hybridized carbons (Fsp3) is 1.00. The largest absolute Gasteiger partial charge is 0.319 e. The lowest BCUT2D eigenvalue weighted by atomic mass is 10.0. The molecule has 2 aliphatic rings. The highest BCUT2D eigenvalue weighted by molar-refractivity contribution is 4.85. The highest BCUT2D eigenvalue weighted by Crippen LogP contribution is 2.23. The molecule has 0 aliphatic carbocycles. The summed E-state index contributed by atoms with van der Waals surface area (Å²) in [5.74, 6) is 0.897. The van der Waals surface area contributed by atoms with Crippen LogP contribution in [-0.2, 0) is 0 Å². The minimum atomic E-state index is 0.879. The predicted molar refractivity (Wildman–Crippen MR) is 68.7 cm³/mol. The number of likely N-dealkylation sites (tertiary alicyclic amines) is 2. The van der Waals surface area contributed by atoms with Crippen LogP contribution in [0.2, 0.25) is 0 Å². The zero-order chi connectivity index (χ0) is 11.4. The van der Waals surface area contributed by atoms with Crippen molar-refractivity contribution in [1.29, 1.82) is 0 Å². The van der Waals surface area contributed by atoms with Crippen molar-refractivity contribution in [2.24, 2.45) is 5.92 Å². The van der Waals surface area contributed by atoms with E-state index < -0.39 is 0 Å². The predicted octanol–water partition coefficient (Wildman–Crippen LogP) is 1.01. The summed E-state index contributed by atoms with van der Waals surface area (Å²) in [7, 11) is 2.07. The molecule has 1 N–H and O–H groups in total. The van der Waals surface area contributed by atoms with Crippen molar-refractivity contribution in [2.45, 2.75) is 32.2 Å². The summed E-state index contributed by atoms with van der Waals surface area (Å²) >= 11 is 0. The average Bonchev–Trinajstić information content (AvgIpc) is 2.78. The molecule has 2 saturated heterocycles. The van der Waals surface area contributed by atoms with Gasteiger partial charge in [0.05, 0.1) is 0 Å². The molecule has 0 radical (unpaired) electrons. The quantitative estimate of drug-likeness (QED) is 0.770. The molecule has 0 saturated carbocycles. The van der Waals surface area contributed by atoms with Gasteiger partial charge in [0, 0.05) is 12.6 Å². The number of nitrogens with zero attached hydrogens (tertiary/aromatic N) is 2. The van der Waals surface area contributed by atoms with Crippen LogP contribution >= 0.6 is 0 Å². The first kappa shape index (κ1) is 12.3. The zero-order valence-electron chi connectivity index (χ0n) is 10.9. The van der Waals surface area contributed by atoms with Crippen LogP contribution in [0.4, 0.5) is 0 Å². The molecule has 0 aromatic rings. The third-order valence-electron chi connectivity index (χ3n) is 4.33. The van der Waals surface area contributed by atoms with E-state index in [9.17, 15) is 0 Å². The topological polar surface area (TPSA) is 18.5 Å². The van der Waals surface area contributed by atoms with E-state index in [0.717, 1.165) is 12.0 Å². The van der Waals surface area contributed by atoms with Crippen LogP contribution in [-0.4, -0.2) is 62.2 Å². The van der Waals surface area contributed by atoms with E-state index in [1.54, 1.807) is 0 Å². The van der Waals surface area contributed by atoms with Gasteiger partial charge >= 0.3 is 0 Å². The lowest BCUT2D eigenvalue weighted by molar-refractivity contribution is 0.127. The summed E-state index contributed by atoms with van der Waals surface area (Å²) < 4.78 is 0. The molecule has 1 unspecified atom stereocenters. The van der Waals surface area contributed by atoms with Crippen molar-refractivity contribution in [3.05, 3.63) is 0 Å². The van der Waals surface area contributed by atoms with E-state index in [1.807, 2.05) is 0 Å². The second kappa shape index (κ2) is 5.99. The fourth-order valence-corrected chi connectivity index (χ4v) is 3.25. The first-order valence-electron chi connectivity index (χ1n) is 6.94. The number of hydrogen-bond donors (Lipinski definition) is 1. The Balaban J connectivity index is 1.73. The third-order valence-corrected chi connectivity index (χ3v) is 4.33. The summed E-state index contributed by atoms with van der Waals surface area (Å²) in [6, 6.07) is 0.879. The smallest absolute Gasteiger partial charge is 0.0120 e. The standard InChI is InChI=1S/C13H27N3/c1-3-15-7-5-13(6-8-15)16-9-4-12(11-16)10-14-2/h12-14H,3-11H2,1-2H3. The normalized spacial score (nSPS) is 30.0. The second-order valence-electron chi connectivity index (χ2n) is 5.37. The molecule has 3 heteroatoms. The maximum atomic E-state index is 3.31. The Bertz CT molecular complexity index is 199. The Kier molecular flexibility index (Phi) is 4.62. The van der Waals surface area contributed by atoms with E-state index in [1.165, 1.54) is 58.5 Å². The Hall–Kier alpha value is -0.120. The van der Waals surface area contributed by atoms with Gasteiger partial charge in [0.25, 0.3) is 0 Å². The summed E-state index contributed by atoms with van der Waals surface area (Å²) in [6.07, 6.45) is 4.18. The van der Waals surface area contributed by atoms with Gasteiger partial charge in [0.15, 0.2) is 0 Å². The lowest BCUT2D eigenvalue weighted by Crippen LogP contribution is -2.44. The maximum absolute atomic E-state index is 3.31. The van der Waals surface area contributed by atoms with Gasteiger partial charge in [0.1, 0.15) is 0 Å². The summed E-state index contributed by atoms with van der Waals surface area (Å²) in [6.45, 7) is 10.0. The first-order valence-corrected chi connectivity index (χ1v) is 6.94. The van der Waals surface area contributed by atoms with Crippen LogP contribution in [0.25, 0.3) is 0 Å². The Morgan fingerprint density at radius 1 is 1.12 bits per heavy atom. The molecule has 0 aromatic carbocycles. The van der Waals surface area contributed by atoms with E-state index in [-0.39, 0.29) is 0 Å². The summed E-state index contributed by atoms with van der Waals surface area (Å²) in [5.41, 5.74) is 0. The van der Waals surface area contributed by atoms with Crippen LogP contribution < -0.4 is 5.32 Å². The van der Waals surface area contributed by atoms with Gasteiger partial charge in [-0.1, -0.05) is 6.92 Å². The van der Waals surface area contributed by atoms with Gasteiger partial charge in [-0.2, -0.15) is 0 Å². The van der Waals surface area contributed by atoms with Gasteiger partial charge < -0.3 is 10.2 Å². The van der Waals surface area contributed by atoms with Gasteiger partial charge in [-0.15, -0.1) is 0 Å². The third kappa shape index (κ3) is 2.96. The highest BCUT2D eigenvalue weighted by atomic mass is 15.2. The number of piperidine rings is 1. The molecule has 3 nitrogen and oxygen atoms in total. The minimum absolute atomic E-state index is 0.879. The lowest BCUT2D eigenvalue weighted by Gasteiger charge is -2.36. The average molecular weight is 225 g/mol. The first-order chi connectivity index (χ1) is 7.83. The molecule has 2 rings (SSSR count). The molecule has 2 fully saturated rings. The van der Waals surface area contributed by atoms with Crippen LogP contribution in [0.3, 0.4) is 0 Å². The van der Waals surface area contributed by atoms with E-state index in [0.29, 0.717) is 0 Å². The van der Waals surface area contributed by atoms with Crippen molar-refractivity contribution in [1.82, 2.24) is 15.1 Å². The molecule has 16 heavy (non-hydrogen) atoms. The Morgan fingerprint density at radius 2 is 1.88 bits per heavy atom. The van der Waals surface area contributed by atoms with E-state index in [4.69, 9.17) is 0 Å². The molecule has 2 aliphatic heterocycles. The van der Waals surface area contributed by atoms with Crippen molar-refractivity contribution in [2.75, 3.05) is 46.3 Å². The molecule has 1 atom stereocenters. The van der Waals surface area contributed by atoms with Crippen molar-refractivity contribution >= 4 is 0 Å². The van der Waals surface area contributed by atoms with Crippen molar-refractivity contribution < 1.29 is 0 Å². The molecule has 0 amide bonds. The van der Waals surface area contributed by atoms with Gasteiger partial charge in [-0.05, 0) is 65.0 Å². The van der Waals surface area contributed by atoms with E-state index in [2.05, 4.69) is 29.1 Å². The van der Waals surface area contributed by atoms with Crippen LogP contribution in [0, 0.1) is 5.92 Å². The Morgan fingerprint density at radius 3 is 2.50 bits per heavy atom. The van der Waals surface area contributed by atoms with Gasteiger partial charge in [0.2, 0.25) is 0 Å². The number of nitrogens with one attached hydrogen (secondary N) is 1.